The molecule has 4 aromatic heterocycles. The van der Waals surface area contributed by atoms with E-state index in [0.29, 0.717) is 17.5 Å². The van der Waals surface area contributed by atoms with Crippen LogP contribution in [0.1, 0.15) is 0 Å². The Morgan fingerprint density at radius 1 is 0.227 bits per heavy atom. The maximum Gasteiger partial charge on any atom is 0.164 e. The zero-order chi connectivity index (χ0) is 49.4. The van der Waals surface area contributed by atoms with Crippen LogP contribution in [0.5, 0.6) is 0 Å². The lowest BCUT2D eigenvalue weighted by Gasteiger charge is -2.12. The summed E-state index contributed by atoms with van der Waals surface area (Å²) in [6, 6.07) is 93.7. The number of hydrogen-bond acceptors (Lipinski definition) is 4. The van der Waals surface area contributed by atoms with Crippen molar-refractivity contribution in [3.05, 3.63) is 261 Å². The summed E-state index contributed by atoms with van der Waals surface area (Å²) in [6.07, 6.45) is 0. The first-order valence-electron chi connectivity index (χ1n) is 25.3. The minimum atomic E-state index is 0.632. The Morgan fingerprint density at radius 3 is 1.13 bits per heavy atom. The van der Waals surface area contributed by atoms with E-state index in [1.807, 2.05) is 72.0 Å². The van der Waals surface area contributed by atoms with Gasteiger partial charge in [-0.05, 0) is 124 Å². The molecule has 6 heteroatoms. The van der Waals surface area contributed by atoms with Gasteiger partial charge in [0.15, 0.2) is 17.5 Å². The van der Waals surface area contributed by atoms with Gasteiger partial charge in [-0.1, -0.05) is 170 Å². The molecule has 0 spiro atoms. The van der Waals surface area contributed by atoms with Crippen LogP contribution >= 0.6 is 11.3 Å². The molecule has 0 saturated heterocycles. The van der Waals surface area contributed by atoms with Crippen LogP contribution in [0.2, 0.25) is 0 Å². The quantitative estimate of drug-likeness (QED) is 0.152. The number of nitrogens with zero attached hydrogens (tertiary/aromatic N) is 5. The van der Waals surface area contributed by atoms with Crippen molar-refractivity contribution >= 4 is 75.1 Å². The number of para-hydroxylation sites is 3. The van der Waals surface area contributed by atoms with Crippen molar-refractivity contribution in [1.82, 2.24) is 24.1 Å². The number of hydrogen-bond donors (Lipinski definition) is 0. The van der Waals surface area contributed by atoms with E-state index in [1.165, 1.54) is 80.7 Å². The van der Waals surface area contributed by atoms with Crippen LogP contribution in [0.4, 0.5) is 0 Å². The van der Waals surface area contributed by atoms with Crippen LogP contribution in [0.15, 0.2) is 261 Å². The van der Waals surface area contributed by atoms with Gasteiger partial charge in [0.05, 0.1) is 22.1 Å². The molecule has 0 saturated carbocycles. The summed E-state index contributed by atoms with van der Waals surface area (Å²) >= 11 is 1.86. The van der Waals surface area contributed by atoms with Crippen molar-refractivity contribution in [2.45, 2.75) is 0 Å². The molecule has 4 heterocycles. The Kier molecular flexibility index (Phi) is 10.00. The number of benzene rings is 11. The zero-order valence-corrected chi connectivity index (χ0v) is 41.3. The number of rotatable bonds is 8. The number of fused-ring (bicyclic) bond motifs is 9. The summed E-state index contributed by atoms with van der Waals surface area (Å²) in [5.41, 5.74) is 16.8. The van der Waals surface area contributed by atoms with Crippen molar-refractivity contribution in [2.75, 3.05) is 0 Å². The summed E-state index contributed by atoms with van der Waals surface area (Å²) in [5.74, 6) is 1.92. The minimum Gasteiger partial charge on any atom is -0.309 e. The summed E-state index contributed by atoms with van der Waals surface area (Å²) in [6.45, 7) is 0. The molecule has 0 atom stereocenters. The average Bonchev–Trinajstić information content (AvgIpc) is 4.14. The van der Waals surface area contributed by atoms with Gasteiger partial charge in [-0.3, -0.25) is 0 Å². The van der Waals surface area contributed by atoms with Crippen LogP contribution in [0.25, 0.3) is 143 Å². The SMILES string of the molecule is c1ccc(-c2nc(-c3ccccc3)nc(-c3cccc(-c4cccc(-n5c6ccccc6c6cc(-c7ccc8sc9ccc(-c%10ccc%11c(c%10)c%10ccccc%10n%11-c%10ccccc%10)cc9c8c7)ccc65)c4)c3)n2)cc1. The molecule has 15 aromatic rings. The van der Waals surface area contributed by atoms with Gasteiger partial charge in [-0.25, -0.2) is 15.0 Å². The molecule has 5 nitrogen and oxygen atoms in total. The highest BCUT2D eigenvalue weighted by Gasteiger charge is 2.18. The molecule has 0 aliphatic heterocycles. The zero-order valence-electron chi connectivity index (χ0n) is 40.5. The Bertz CT molecular complexity index is 4650. The molecule has 15 rings (SSSR count). The first-order chi connectivity index (χ1) is 37.1. The van der Waals surface area contributed by atoms with Crippen molar-refractivity contribution in [3.63, 3.8) is 0 Å². The van der Waals surface area contributed by atoms with E-state index in [2.05, 4.69) is 209 Å². The second kappa shape index (κ2) is 17.5. The largest absolute Gasteiger partial charge is 0.309 e. The van der Waals surface area contributed by atoms with Crippen molar-refractivity contribution in [3.8, 4) is 78.9 Å². The van der Waals surface area contributed by atoms with Crippen LogP contribution < -0.4 is 0 Å². The van der Waals surface area contributed by atoms with Gasteiger partial charge in [-0.2, -0.15) is 0 Å². The monoisotopic (exact) mass is 973 g/mol. The first kappa shape index (κ1) is 42.9. The molecular formula is C69H43N5S. The molecule has 0 N–H and O–H groups in total. The lowest BCUT2D eigenvalue weighted by atomic mass is 9.98. The molecule has 11 aromatic carbocycles. The van der Waals surface area contributed by atoms with E-state index in [0.717, 1.165) is 44.5 Å². The average molecular weight is 974 g/mol. The summed E-state index contributed by atoms with van der Waals surface area (Å²) < 4.78 is 7.36. The molecule has 75 heavy (non-hydrogen) atoms. The normalized spacial score (nSPS) is 11.7. The van der Waals surface area contributed by atoms with Gasteiger partial charge < -0.3 is 9.13 Å². The molecule has 0 fully saturated rings. The second-order valence-electron chi connectivity index (χ2n) is 19.2. The Balaban J connectivity index is 0.787. The second-order valence-corrected chi connectivity index (χ2v) is 20.3. The van der Waals surface area contributed by atoms with Crippen LogP contribution in [-0.2, 0) is 0 Å². The summed E-state index contributed by atoms with van der Waals surface area (Å²) in [7, 11) is 0. The Morgan fingerprint density at radius 2 is 0.587 bits per heavy atom. The van der Waals surface area contributed by atoms with E-state index < -0.39 is 0 Å². The third-order valence-corrected chi connectivity index (χ3v) is 15.9. The van der Waals surface area contributed by atoms with Crippen molar-refractivity contribution < 1.29 is 0 Å². The van der Waals surface area contributed by atoms with E-state index >= 15 is 0 Å². The van der Waals surface area contributed by atoms with Crippen molar-refractivity contribution in [2.24, 2.45) is 0 Å². The minimum absolute atomic E-state index is 0.632. The maximum absolute atomic E-state index is 5.03. The predicted octanol–water partition coefficient (Wildman–Crippen LogP) is 18.4. The fourth-order valence-electron chi connectivity index (χ4n) is 11.2. The third kappa shape index (κ3) is 7.33. The van der Waals surface area contributed by atoms with Gasteiger partial charge in [0.1, 0.15) is 0 Å². The lowest BCUT2D eigenvalue weighted by molar-refractivity contribution is 1.07. The topological polar surface area (TPSA) is 48.5 Å². The third-order valence-electron chi connectivity index (χ3n) is 14.8. The van der Waals surface area contributed by atoms with Gasteiger partial charge in [-0.15, -0.1) is 11.3 Å². The van der Waals surface area contributed by atoms with E-state index in [4.69, 9.17) is 15.0 Å². The molecule has 0 unspecified atom stereocenters. The summed E-state index contributed by atoms with van der Waals surface area (Å²) in [4.78, 5) is 15.0. The Hall–Kier alpha value is -9.75. The van der Waals surface area contributed by atoms with E-state index in [1.54, 1.807) is 0 Å². The summed E-state index contributed by atoms with van der Waals surface area (Å²) in [5, 5.41) is 7.52. The molecule has 0 aliphatic carbocycles. The maximum atomic E-state index is 5.03. The van der Waals surface area contributed by atoms with Gasteiger partial charge in [0.2, 0.25) is 0 Å². The smallest absolute Gasteiger partial charge is 0.164 e. The highest BCUT2D eigenvalue weighted by molar-refractivity contribution is 7.25. The van der Waals surface area contributed by atoms with Gasteiger partial charge in [0, 0.05) is 69.8 Å². The molecule has 0 amide bonds. The van der Waals surface area contributed by atoms with Gasteiger partial charge in [0.25, 0.3) is 0 Å². The predicted molar refractivity (Wildman–Crippen MR) is 314 cm³/mol. The van der Waals surface area contributed by atoms with Crippen LogP contribution in [0, 0.1) is 0 Å². The lowest BCUT2D eigenvalue weighted by Crippen LogP contribution is -2.00. The van der Waals surface area contributed by atoms with Crippen LogP contribution in [0.3, 0.4) is 0 Å². The fourth-order valence-corrected chi connectivity index (χ4v) is 12.2. The molecule has 0 aliphatic rings. The molecular weight excluding hydrogens is 931 g/mol. The first-order valence-corrected chi connectivity index (χ1v) is 26.1. The number of aromatic nitrogens is 5. The molecule has 350 valence electrons. The highest BCUT2D eigenvalue weighted by atomic mass is 32.1. The highest BCUT2D eigenvalue weighted by Crippen LogP contribution is 2.42. The fraction of sp³-hybridized carbons (Fsp3) is 0. The van der Waals surface area contributed by atoms with E-state index in [-0.39, 0.29) is 0 Å². The molecule has 0 bridgehead atoms. The van der Waals surface area contributed by atoms with Crippen LogP contribution in [-0.4, -0.2) is 24.1 Å². The number of thiophene rings is 1. The molecule has 0 radical (unpaired) electrons. The van der Waals surface area contributed by atoms with Gasteiger partial charge >= 0.3 is 0 Å². The van der Waals surface area contributed by atoms with E-state index in [9.17, 15) is 0 Å². The van der Waals surface area contributed by atoms with Crippen molar-refractivity contribution in [1.29, 1.82) is 0 Å². The standard InChI is InChI=1S/C69H43N5S/c1-4-16-44(17-5-1)67-70-68(45-18-6-2-7-19-45)72-69(71-67)52-22-14-20-46(38-52)47-21-15-25-54(39-47)74-62-29-13-11-27-56(62)58-41-49(31-35-64(58)74)51-33-37-66-60(43-51)59-42-50(32-36-65(59)75-66)48-30-34-63-57(40-48)55-26-10-12-28-61(55)73(63)53-23-8-3-9-24-53/h1-43H. The Labute approximate surface area is 436 Å².